The number of rotatable bonds is 2. The summed E-state index contributed by atoms with van der Waals surface area (Å²) in [7, 11) is 0. The number of hydrogen-bond acceptors (Lipinski definition) is 1. The van der Waals surface area contributed by atoms with Gasteiger partial charge in [-0.3, -0.25) is 4.79 Å². The first-order valence-electron chi connectivity index (χ1n) is 6.36. The van der Waals surface area contributed by atoms with Crippen LogP contribution in [-0.2, 0) is 9.12 Å². The van der Waals surface area contributed by atoms with E-state index in [0.29, 0.717) is 6.54 Å². The van der Waals surface area contributed by atoms with E-state index < -0.39 is 4.32 Å². The van der Waals surface area contributed by atoms with Crippen LogP contribution in [0.5, 0.6) is 0 Å². The van der Waals surface area contributed by atoms with Gasteiger partial charge in [-0.05, 0) is 29.2 Å². The molecule has 0 saturated carbocycles. The minimum absolute atomic E-state index is 0.00704. The number of hydrogen-bond donors (Lipinski definition) is 1. The van der Waals surface area contributed by atoms with Gasteiger partial charge >= 0.3 is 0 Å². The first kappa shape index (κ1) is 12.4. The minimum atomic E-state index is -0.768. The molecule has 0 heterocycles. The van der Waals surface area contributed by atoms with Gasteiger partial charge in [0.1, 0.15) is 0 Å². The SMILES string of the molecule is CCNC(=O)C1(Br)c2ccccc2-c2ccccc21. The molecule has 2 nitrogen and oxygen atoms in total. The Morgan fingerprint density at radius 1 is 1.05 bits per heavy atom. The molecule has 0 bridgehead atoms. The van der Waals surface area contributed by atoms with Crippen LogP contribution in [-0.4, -0.2) is 12.5 Å². The Morgan fingerprint density at radius 2 is 1.53 bits per heavy atom. The van der Waals surface area contributed by atoms with Crippen molar-refractivity contribution in [1.82, 2.24) is 5.32 Å². The molecule has 0 atom stereocenters. The molecule has 0 fully saturated rings. The Bertz CT molecular complexity index is 605. The quantitative estimate of drug-likeness (QED) is 0.845. The molecular weight excluding hydrogens is 302 g/mol. The van der Waals surface area contributed by atoms with E-state index in [-0.39, 0.29) is 5.91 Å². The van der Waals surface area contributed by atoms with E-state index >= 15 is 0 Å². The average Bonchev–Trinajstić information content (AvgIpc) is 2.72. The second-order valence-electron chi connectivity index (χ2n) is 4.61. The third-order valence-electron chi connectivity index (χ3n) is 3.54. The number of alkyl halides is 1. The topological polar surface area (TPSA) is 29.1 Å². The molecule has 19 heavy (non-hydrogen) atoms. The third kappa shape index (κ3) is 1.65. The number of halogens is 1. The molecule has 0 aliphatic heterocycles. The van der Waals surface area contributed by atoms with Crippen LogP contribution in [0.2, 0.25) is 0 Å². The van der Waals surface area contributed by atoms with Crippen molar-refractivity contribution in [2.75, 3.05) is 6.54 Å². The maximum atomic E-state index is 12.5. The van der Waals surface area contributed by atoms with Crippen molar-refractivity contribution in [3.63, 3.8) is 0 Å². The van der Waals surface area contributed by atoms with Crippen LogP contribution >= 0.6 is 15.9 Å². The Kier molecular flexibility index (Phi) is 2.94. The minimum Gasteiger partial charge on any atom is -0.355 e. The number of amides is 1. The van der Waals surface area contributed by atoms with Gasteiger partial charge in [0.25, 0.3) is 0 Å². The fourth-order valence-electron chi connectivity index (χ4n) is 2.71. The highest BCUT2D eigenvalue weighted by molar-refractivity contribution is 9.10. The lowest BCUT2D eigenvalue weighted by Crippen LogP contribution is -2.39. The number of nitrogens with one attached hydrogen (secondary N) is 1. The van der Waals surface area contributed by atoms with Gasteiger partial charge < -0.3 is 5.32 Å². The van der Waals surface area contributed by atoms with Crippen molar-refractivity contribution in [1.29, 1.82) is 0 Å². The predicted molar refractivity (Wildman–Crippen MR) is 80.3 cm³/mol. The summed E-state index contributed by atoms with van der Waals surface area (Å²) in [5.41, 5.74) is 4.28. The Hall–Kier alpha value is -1.61. The molecule has 3 heteroatoms. The van der Waals surface area contributed by atoms with Gasteiger partial charge in [-0.1, -0.05) is 64.5 Å². The Balaban J connectivity index is 2.28. The number of carbonyl (C=O) groups is 1. The van der Waals surface area contributed by atoms with Crippen molar-refractivity contribution in [3.05, 3.63) is 59.7 Å². The first-order valence-corrected chi connectivity index (χ1v) is 7.15. The number of likely N-dealkylation sites (N-methyl/N-ethyl adjacent to an activating group) is 1. The van der Waals surface area contributed by atoms with Crippen LogP contribution in [0.3, 0.4) is 0 Å². The monoisotopic (exact) mass is 315 g/mol. The molecule has 0 saturated heterocycles. The summed E-state index contributed by atoms with van der Waals surface area (Å²) in [5.74, 6) is -0.00704. The van der Waals surface area contributed by atoms with Crippen molar-refractivity contribution >= 4 is 21.8 Å². The molecule has 1 aliphatic carbocycles. The Morgan fingerprint density at radius 3 is 2.00 bits per heavy atom. The second-order valence-corrected chi connectivity index (χ2v) is 5.80. The molecule has 0 radical (unpaired) electrons. The number of carbonyl (C=O) groups excluding carboxylic acids is 1. The molecule has 0 spiro atoms. The lowest BCUT2D eigenvalue weighted by Gasteiger charge is -2.23. The zero-order valence-corrected chi connectivity index (χ0v) is 12.2. The van der Waals surface area contributed by atoms with E-state index in [9.17, 15) is 4.79 Å². The van der Waals surface area contributed by atoms with Gasteiger partial charge in [0, 0.05) is 6.54 Å². The molecule has 2 aromatic carbocycles. The van der Waals surface area contributed by atoms with Gasteiger partial charge in [-0.2, -0.15) is 0 Å². The van der Waals surface area contributed by atoms with Gasteiger partial charge in [0.05, 0.1) is 0 Å². The molecule has 2 aromatic rings. The summed E-state index contributed by atoms with van der Waals surface area (Å²) >= 11 is 3.70. The molecule has 1 N–H and O–H groups in total. The number of benzene rings is 2. The zero-order valence-electron chi connectivity index (χ0n) is 10.6. The fourth-order valence-corrected chi connectivity index (χ4v) is 3.54. The van der Waals surface area contributed by atoms with Crippen LogP contribution in [0.1, 0.15) is 18.1 Å². The van der Waals surface area contributed by atoms with Crippen LogP contribution < -0.4 is 5.32 Å². The van der Waals surface area contributed by atoms with E-state index in [1.165, 1.54) is 0 Å². The normalized spacial score (nSPS) is 14.6. The summed E-state index contributed by atoms with van der Waals surface area (Å²) in [6.45, 7) is 2.55. The fraction of sp³-hybridized carbons (Fsp3) is 0.188. The maximum absolute atomic E-state index is 12.5. The number of fused-ring (bicyclic) bond motifs is 3. The molecule has 3 rings (SSSR count). The van der Waals surface area contributed by atoms with Gasteiger partial charge in [-0.15, -0.1) is 0 Å². The van der Waals surface area contributed by atoms with Crippen molar-refractivity contribution < 1.29 is 4.79 Å². The standard InChI is InChI=1S/C16H14BrNO/c1-2-18-15(19)16(17)13-9-5-3-7-11(13)12-8-4-6-10-14(12)16/h3-10H,2H2,1H3,(H,18,19). The highest BCUT2D eigenvalue weighted by Gasteiger charge is 2.46. The van der Waals surface area contributed by atoms with E-state index in [2.05, 4.69) is 33.4 Å². The van der Waals surface area contributed by atoms with Crippen LogP contribution in [0.25, 0.3) is 11.1 Å². The highest BCUT2D eigenvalue weighted by Crippen LogP contribution is 2.52. The summed E-state index contributed by atoms with van der Waals surface area (Å²) in [6.07, 6.45) is 0. The van der Waals surface area contributed by atoms with E-state index in [4.69, 9.17) is 0 Å². The van der Waals surface area contributed by atoms with Crippen molar-refractivity contribution in [3.8, 4) is 11.1 Å². The van der Waals surface area contributed by atoms with Gasteiger partial charge in [0.2, 0.25) is 5.91 Å². The van der Waals surface area contributed by atoms with Crippen molar-refractivity contribution in [2.45, 2.75) is 11.2 Å². The average molecular weight is 316 g/mol. The summed E-state index contributed by atoms with van der Waals surface area (Å²) in [5, 5.41) is 2.92. The Labute approximate surface area is 121 Å². The molecule has 0 aromatic heterocycles. The van der Waals surface area contributed by atoms with Gasteiger partial charge in [-0.25, -0.2) is 0 Å². The van der Waals surface area contributed by atoms with Crippen molar-refractivity contribution in [2.24, 2.45) is 0 Å². The second kappa shape index (κ2) is 4.49. The predicted octanol–water partition coefficient (Wildman–Crippen LogP) is 3.44. The zero-order chi connectivity index (χ0) is 13.5. The lowest BCUT2D eigenvalue weighted by molar-refractivity contribution is -0.122. The third-order valence-corrected chi connectivity index (χ3v) is 4.75. The smallest absolute Gasteiger partial charge is 0.246 e. The van der Waals surface area contributed by atoms with E-state index in [1.54, 1.807) is 0 Å². The maximum Gasteiger partial charge on any atom is 0.246 e. The van der Waals surface area contributed by atoms with Crippen LogP contribution in [0.4, 0.5) is 0 Å². The van der Waals surface area contributed by atoms with E-state index in [0.717, 1.165) is 22.3 Å². The van der Waals surface area contributed by atoms with Gasteiger partial charge in [0.15, 0.2) is 4.32 Å². The summed E-state index contributed by atoms with van der Waals surface area (Å²) in [6, 6.07) is 16.1. The largest absolute Gasteiger partial charge is 0.355 e. The highest BCUT2D eigenvalue weighted by atomic mass is 79.9. The molecule has 1 aliphatic rings. The first-order chi connectivity index (χ1) is 9.19. The lowest BCUT2D eigenvalue weighted by atomic mass is 9.96. The molecular formula is C16H14BrNO. The molecule has 96 valence electrons. The van der Waals surface area contributed by atoms with Crippen LogP contribution in [0.15, 0.2) is 48.5 Å². The summed E-state index contributed by atoms with van der Waals surface area (Å²) in [4.78, 5) is 12.5. The van der Waals surface area contributed by atoms with E-state index in [1.807, 2.05) is 43.3 Å². The van der Waals surface area contributed by atoms with Crippen LogP contribution in [0, 0.1) is 0 Å². The molecule has 0 unspecified atom stereocenters. The molecule has 1 amide bonds. The summed E-state index contributed by atoms with van der Waals surface area (Å²) < 4.78 is -0.768.